The molecule has 0 spiro atoms. The van der Waals surface area contributed by atoms with E-state index in [4.69, 9.17) is 5.11 Å². The van der Waals surface area contributed by atoms with Crippen LogP contribution in [0, 0.1) is 17.5 Å². The summed E-state index contributed by atoms with van der Waals surface area (Å²) in [5, 5.41) is 9.05. The van der Waals surface area contributed by atoms with Crippen LogP contribution in [0.5, 0.6) is 0 Å². The minimum Gasteiger partial charge on any atom is -0.478 e. The molecular weight excluding hydrogens is 347 g/mol. The summed E-state index contributed by atoms with van der Waals surface area (Å²) < 4.78 is 41.4. The Bertz CT molecular complexity index is 869. The lowest BCUT2D eigenvalue weighted by molar-refractivity contribution is 0.0679. The Kier molecular flexibility index (Phi) is 4.97. The first-order valence-corrected chi connectivity index (χ1v) is 8.14. The molecule has 26 heavy (non-hydrogen) atoms. The van der Waals surface area contributed by atoms with Gasteiger partial charge in [0.15, 0.2) is 0 Å². The summed E-state index contributed by atoms with van der Waals surface area (Å²) in [4.78, 5) is 25.0. The molecule has 0 radical (unpaired) electrons. The molecule has 1 atom stereocenters. The Balaban J connectivity index is 1.85. The van der Waals surface area contributed by atoms with Gasteiger partial charge in [0.05, 0.1) is 11.1 Å². The fourth-order valence-electron chi connectivity index (χ4n) is 3.28. The first-order valence-electron chi connectivity index (χ1n) is 8.14. The van der Waals surface area contributed by atoms with E-state index in [1.807, 2.05) is 0 Å². The van der Waals surface area contributed by atoms with Crippen molar-refractivity contribution in [3.05, 3.63) is 70.5 Å². The van der Waals surface area contributed by atoms with E-state index in [2.05, 4.69) is 0 Å². The van der Waals surface area contributed by atoms with Gasteiger partial charge in [-0.3, -0.25) is 4.79 Å². The van der Waals surface area contributed by atoms with Crippen LogP contribution in [-0.2, 0) is 0 Å². The van der Waals surface area contributed by atoms with Gasteiger partial charge in [0, 0.05) is 25.1 Å². The molecule has 1 amide bonds. The second-order valence-corrected chi connectivity index (χ2v) is 6.23. The maximum Gasteiger partial charge on any atom is 0.338 e. The van der Waals surface area contributed by atoms with E-state index in [9.17, 15) is 22.8 Å². The zero-order chi connectivity index (χ0) is 18.8. The summed E-state index contributed by atoms with van der Waals surface area (Å²) in [6.07, 6.45) is 1.14. The number of aromatic carboxylic acids is 1. The highest BCUT2D eigenvalue weighted by atomic mass is 19.1. The molecule has 0 aliphatic carbocycles. The molecule has 0 saturated carbocycles. The number of hydrogen-bond donors (Lipinski definition) is 1. The van der Waals surface area contributed by atoms with Crippen LogP contribution in [0.3, 0.4) is 0 Å². The van der Waals surface area contributed by atoms with Crippen molar-refractivity contribution in [1.82, 2.24) is 4.90 Å². The molecule has 7 heteroatoms. The highest BCUT2D eigenvalue weighted by molar-refractivity contribution is 5.94. The van der Waals surface area contributed by atoms with Crippen molar-refractivity contribution in [2.24, 2.45) is 0 Å². The van der Waals surface area contributed by atoms with Crippen molar-refractivity contribution in [2.45, 2.75) is 18.8 Å². The normalized spacial score (nSPS) is 17.2. The first kappa shape index (κ1) is 18.0. The van der Waals surface area contributed by atoms with Crippen molar-refractivity contribution in [2.75, 3.05) is 13.1 Å². The van der Waals surface area contributed by atoms with E-state index in [0.717, 1.165) is 12.1 Å². The zero-order valence-corrected chi connectivity index (χ0v) is 13.7. The van der Waals surface area contributed by atoms with E-state index < -0.39 is 40.8 Å². The smallest absolute Gasteiger partial charge is 0.338 e. The maximum absolute atomic E-state index is 14.5. The van der Waals surface area contributed by atoms with E-state index in [0.29, 0.717) is 25.5 Å². The molecule has 3 rings (SSSR count). The van der Waals surface area contributed by atoms with E-state index in [-0.39, 0.29) is 17.7 Å². The van der Waals surface area contributed by atoms with Crippen LogP contribution in [0.15, 0.2) is 36.4 Å². The standard InChI is InChI=1S/C19H16F3NO3/c20-12-6-7-14(16(21)9-12)18(24)23-8-2-3-11(10-23)13-4-1-5-15(17(13)22)19(25)26/h1,4-7,9,11H,2-3,8,10H2,(H,25,26). The van der Waals surface area contributed by atoms with Crippen LogP contribution in [-0.4, -0.2) is 35.0 Å². The number of halogens is 3. The second-order valence-electron chi connectivity index (χ2n) is 6.23. The van der Waals surface area contributed by atoms with Crippen molar-refractivity contribution >= 4 is 11.9 Å². The van der Waals surface area contributed by atoms with Crippen molar-refractivity contribution in [3.8, 4) is 0 Å². The van der Waals surface area contributed by atoms with Crippen LogP contribution in [0.4, 0.5) is 13.2 Å². The molecule has 1 saturated heterocycles. The monoisotopic (exact) mass is 363 g/mol. The van der Waals surface area contributed by atoms with Crippen LogP contribution in [0.1, 0.15) is 45.0 Å². The van der Waals surface area contributed by atoms with Crippen LogP contribution in [0.2, 0.25) is 0 Å². The summed E-state index contributed by atoms with van der Waals surface area (Å²) in [5.74, 6) is -4.88. The average Bonchev–Trinajstić information content (AvgIpc) is 2.61. The van der Waals surface area contributed by atoms with Gasteiger partial charge in [0.2, 0.25) is 0 Å². The number of carboxylic acids is 1. The largest absolute Gasteiger partial charge is 0.478 e. The van der Waals surface area contributed by atoms with Gasteiger partial charge in [-0.2, -0.15) is 0 Å². The molecule has 1 unspecified atom stereocenters. The number of nitrogens with zero attached hydrogens (tertiary/aromatic N) is 1. The third-order valence-corrected chi connectivity index (χ3v) is 4.57. The molecule has 1 heterocycles. The SMILES string of the molecule is O=C(O)c1cccc(C2CCCN(C(=O)c3ccc(F)cc3F)C2)c1F. The highest BCUT2D eigenvalue weighted by Crippen LogP contribution is 2.31. The Labute approximate surface area is 147 Å². The van der Waals surface area contributed by atoms with Crippen LogP contribution < -0.4 is 0 Å². The number of benzene rings is 2. The second kappa shape index (κ2) is 7.19. The molecular formula is C19H16F3NO3. The molecule has 0 aromatic heterocycles. The molecule has 1 N–H and O–H groups in total. The quantitative estimate of drug-likeness (QED) is 0.902. The Morgan fingerprint density at radius 3 is 2.54 bits per heavy atom. The number of rotatable bonds is 3. The topological polar surface area (TPSA) is 57.6 Å². The fourth-order valence-corrected chi connectivity index (χ4v) is 3.28. The molecule has 1 aliphatic rings. The summed E-state index contributed by atoms with van der Waals surface area (Å²) in [5.41, 5.74) is -0.440. The average molecular weight is 363 g/mol. The Morgan fingerprint density at radius 1 is 1.08 bits per heavy atom. The lowest BCUT2D eigenvalue weighted by Crippen LogP contribution is -2.39. The van der Waals surface area contributed by atoms with E-state index in [1.165, 1.54) is 23.1 Å². The van der Waals surface area contributed by atoms with E-state index >= 15 is 0 Å². The van der Waals surface area contributed by atoms with Gasteiger partial charge in [-0.15, -0.1) is 0 Å². The molecule has 2 aromatic rings. The molecule has 4 nitrogen and oxygen atoms in total. The van der Waals surface area contributed by atoms with Gasteiger partial charge < -0.3 is 10.0 Å². The predicted octanol–water partition coefficient (Wildman–Crippen LogP) is 3.82. The zero-order valence-electron chi connectivity index (χ0n) is 13.7. The van der Waals surface area contributed by atoms with Gasteiger partial charge in [-0.05, 0) is 36.6 Å². The highest BCUT2D eigenvalue weighted by Gasteiger charge is 2.29. The molecule has 1 fully saturated rings. The summed E-state index contributed by atoms with van der Waals surface area (Å²) in [6.45, 7) is 0.502. The van der Waals surface area contributed by atoms with Crippen molar-refractivity contribution < 1.29 is 27.9 Å². The van der Waals surface area contributed by atoms with Crippen molar-refractivity contribution in [3.63, 3.8) is 0 Å². The Morgan fingerprint density at radius 2 is 1.85 bits per heavy atom. The van der Waals surface area contributed by atoms with Gasteiger partial charge in [0.1, 0.15) is 17.5 Å². The third kappa shape index (κ3) is 3.42. The number of hydrogen-bond acceptors (Lipinski definition) is 2. The number of amides is 1. The van der Waals surface area contributed by atoms with E-state index in [1.54, 1.807) is 0 Å². The number of piperidine rings is 1. The molecule has 2 aromatic carbocycles. The lowest BCUT2D eigenvalue weighted by Gasteiger charge is -2.33. The summed E-state index contributed by atoms with van der Waals surface area (Å²) in [7, 11) is 0. The van der Waals surface area contributed by atoms with Crippen LogP contribution >= 0.6 is 0 Å². The first-order chi connectivity index (χ1) is 12.4. The van der Waals surface area contributed by atoms with Gasteiger partial charge in [-0.1, -0.05) is 12.1 Å². The number of carboxylic acid groups (broad SMARTS) is 1. The minimum atomic E-state index is -1.36. The minimum absolute atomic E-state index is 0.135. The maximum atomic E-state index is 14.5. The molecule has 1 aliphatic heterocycles. The number of likely N-dealkylation sites (tertiary alicyclic amines) is 1. The van der Waals surface area contributed by atoms with Gasteiger partial charge in [-0.25, -0.2) is 18.0 Å². The third-order valence-electron chi connectivity index (χ3n) is 4.57. The van der Waals surface area contributed by atoms with Gasteiger partial charge >= 0.3 is 5.97 Å². The number of carbonyl (C=O) groups is 2. The fraction of sp³-hybridized carbons (Fsp3) is 0.263. The van der Waals surface area contributed by atoms with Crippen molar-refractivity contribution in [1.29, 1.82) is 0 Å². The molecule has 136 valence electrons. The summed E-state index contributed by atoms with van der Waals surface area (Å²) in [6, 6.07) is 6.88. The lowest BCUT2D eigenvalue weighted by atomic mass is 9.89. The number of carbonyl (C=O) groups excluding carboxylic acids is 1. The Hall–Kier alpha value is -2.83. The molecule has 0 bridgehead atoms. The summed E-state index contributed by atoms with van der Waals surface area (Å²) >= 11 is 0. The van der Waals surface area contributed by atoms with Crippen LogP contribution in [0.25, 0.3) is 0 Å². The van der Waals surface area contributed by atoms with Gasteiger partial charge in [0.25, 0.3) is 5.91 Å². The predicted molar refractivity (Wildman–Crippen MR) is 87.6 cm³/mol.